The van der Waals surface area contributed by atoms with Gasteiger partial charge in [0.15, 0.2) is 5.69 Å². The molecule has 2 aliphatic rings. The zero-order valence-corrected chi connectivity index (χ0v) is 15.4. The second-order valence-corrected chi connectivity index (χ2v) is 6.98. The zero-order chi connectivity index (χ0) is 18.5. The van der Waals surface area contributed by atoms with Crippen LogP contribution in [0.1, 0.15) is 34.9 Å². The Hall–Kier alpha value is -2.45. The number of carbonyl (C=O) groups excluding carboxylic acids is 1. The Balaban J connectivity index is 1.39. The van der Waals surface area contributed by atoms with Crippen LogP contribution in [0, 0.1) is 0 Å². The van der Waals surface area contributed by atoms with Crippen molar-refractivity contribution >= 4 is 11.6 Å². The molecule has 0 bridgehead atoms. The molecule has 4 rings (SSSR count). The first kappa shape index (κ1) is 17.9. The maximum atomic E-state index is 12.5. The number of nitrogens with one attached hydrogen (secondary N) is 2. The van der Waals surface area contributed by atoms with Gasteiger partial charge in [-0.3, -0.25) is 4.79 Å². The van der Waals surface area contributed by atoms with Crippen LogP contribution < -0.4 is 15.5 Å². The SMILES string of the molecule is O=C(NCc1ccccc1N1CCOCC1)c1cn(C2CCNCC2)nn1. The van der Waals surface area contributed by atoms with E-state index in [2.05, 4.69) is 38.0 Å². The highest BCUT2D eigenvalue weighted by molar-refractivity contribution is 5.91. The third kappa shape index (κ3) is 4.28. The molecule has 0 radical (unpaired) electrons. The number of anilines is 1. The van der Waals surface area contributed by atoms with Gasteiger partial charge in [0.05, 0.1) is 25.5 Å². The average molecular weight is 370 g/mol. The first-order valence-corrected chi connectivity index (χ1v) is 9.62. The van der Waals surface area contributed by atoms with Crippen molar-refractivity contribution in [3.8, 4) is 0 Å². The van der Waals surface area contributed by atoms with Gasteiger partial charge in [-0.25, -0.2) is 4.68 Å². The predicted molar refractivity (Wildman–Crippen MR) is 102 cm³/mol. The van der Waals surface area contributed by atoms with Crippen LogP contribution in [0.2, 0.25) is 0 Å². The summed E-state index contributed by atoms with van der Waals surface area (Å²) >= 11 is 0. The third-order valence-electron chi connectivity index (χ3n) is 5.21. The Labute approximate surface area is 158 Å². The fourth-order valence-electron chi connectivity index (χ4n) is 3.67. The molecule has 2 saturated heterocycles. The number of hydrogen-bond acceptors (Lipinski definition) is 6. The molecule has 3 heterocycles. The molecule has 144 valence electrons. The van der Waals surface area contributed by atoms with Crippen LogP contribution in [0.3, 0.4) is 0 Å². The molecule has 2 fully saturated rings. The summed E-state index contributed by atoms with van der Waals surface area (Å²) in [6.07, 6.45) is 3.79. The second-order valence-electron chi connectivity index (χ2n) is 6.98. The highest BCUT2D eigenvalue weighted by Gasteiger charge is 2.19. The van der Waals surface area contributed by atoms with Crippen molar-refractivity contribution in [2.24, 2.45) is 0 Å². The Morgan fingerprint density at radius 1 is 1.22 bits per heavy atom. The van der Waals surface area contributed by atoms with E-state index in [-0.39, 0.29) is 5.91 Å². The van der Waals surface area contributed by atoms with E-state index in [0.29, 0.717) is 18.3 Å². The van der Waals surface area contributed by atoms with Gasteiger partial charge in [-0.2, -0.15) is 0 Å². The molecule has 27 heavy (non-hydrogen) atoms. The molecule has 2 aliphatic heterocycles. The van der Waals surface area contributed by atoms with Crippen LogP contribution in [0.15, 0.2) is 30.5 Å². The van der Waals surface area contributed by atoms with Crippen LogP contribution in [-0.2, 0) is 11.3 Å². The molecule has 0 unspecified atom stereocenters. The van der Waals surface area contributed by atoms with E-state index in [1.54, 1.807) is 6.20 Å². The normalized spacial score (nSPS) is 18.4. The first-order chi connectivity index (χ1) is 13.3. The van der Waals surface area contributed by atoms with Crippen molar-refractivity contribution in [1.82, 2.24) is 25.6 Å². The molecule has 2 N–H and O–H groups in total. The second kappa shape index (κ2) is 8.49. The van der Waals surface area contributed by atoms with Gasteiger partial charge in [0.1, 0.15) is 0 Å². The van der Waals surface area contributed by atoms with Gasteiger partial charge in [-0.15, -0.1) is 5.10 Å². The highest BCUT2D eigenvalue weighted by atomic mass is 16.5. The molecule has 1 aromatic heterocycles. The fraction of sp³-hybridized carbons (Fsp3) is 0.526. The van der Waals surface area contributed by atoms with Crippen molar-refractivity contribution in [1.29, 1.82) is 0 Å². The topological polar surface area (TPSA) is 84.3 Å². The summed E-state index contributed by atoms with van der Waals surface area (Å²) < 4.78 is 7.27. The summed E-state index contributed by atoms with van der Waals surface area (Å²) in [5.41, 5.74) is 2.62. The lowest BCUT2D eigenvalue weighted by atomic mass is 10.1. The van der Waals surface area contributed by atoms with Crippen molar-refractivity contribution in [2.45, 2.75) is 25.4 Å². The summed E-state index contributed by atoms with van der Waals surface area (Å²) in [4.78, 5) is 14.8. The standard InChI is InChI=1S/C19H26N6O2/c26-19(17-14-25(23-22-17)16-5-7-20-8-6-16)21-13-15-3-1-2-4-18(15)24-9-11-27-12-10-24/h1-4,14,16,20H,5-13H2,(H,21,26). The Morgan fingerprint density at radius 3 is 2.81 bits per heavy atom. The fourth-order valence-corrected chi connectivity index (χ4v) is 3.67. The largest absolute Gasteiger partial charge is 0.378 e. The molecule has 1 amide bonds. The number of piperidine rings is 1. The number of benzene rings is 1. The minimum Gasteiger partial charge on any atom is -0.378 e. The van der Waals surface area contributed by atoms with E-state index >= 15 is 0 Å². The lowest BCUT2D eigenvalue weighted by Crippen LogP contribution is -2.37. The third-order valence-corrected chi connectivity index (χ3v) is 5.21. The number of ether oxygens (including phenoxy) is 1. The van der Waals surface area contributed by atoms with E-state index in [0.717, 1.165) is 63.5 Å². The van der Waals surface area contributed by atoms with Crippen molar-refractivity contribution in [2.75, 3.05) is 44.3 Å². The molecule has 0 saturated carbocycles. The lowest BCUT2D eigenvalue weighted by molar-refractivity contribution is 0.0945. The molecule has 0 atom stereocenters. The van der Waals surface area contributed by atoms with E-state index in [4.69, 9.17) is 4.74 Å². The number of amides is 1. The minimum atomic E-state index is -0.188. The van der Waals surface area contributed by atoms with E-state index in [9.17, 15) is 4.79 Å². The Morgan fingerprint density at radius 2 is 2.00 bits per heavy atom. The molecular formula is C19H26N6O2. The van der Waals surface area contributed by atoms with Crippen molar-refractivity contribution in [3.63, 3.8) is 0 Å². The smallest absolute Gasteiger partial charge is 0.273 e. The molecule has 8 heteroatoms. The minimum absolute atomic E-state index is 0.188. The number of morpholine rings is 1. The van der Waals surface area contributed by atoms with Crippen LogP contribution in [0.25, 0.3) is 0 Å². The monoisotopic (exact) mass is 370 g/mol. The number of carbonyl (C=O) groups is 1. The highest BCUT2D eigenvalue weighted by Crippen LogP contribution is 2.21. The van der Waals surface area contributed by atoms with E-state index in [1.807, 2.05) is 16.8 Å². The molecule has 1 aromatic carbocycles. The quantitative estimate of drug-likeness (QED) is 0.816. The lowest BCUT2D eigenvalue weighted by Gasteiger charge is -2.30. The van der Waals surface area contributed by atoms with Gasteiger partial charge in [0.25, 0.3) is 5.91 Å². The van der Waals surface area contributed by atoms with Crippen LogP contribution >= 0.6 is 0 Å². The summed E-state index contributed by atoms with van der Waals surface area (Å²) in [7, 11) is 0. The van der Waals surface area contributed by atoms with Gasteiger partial charge in [-0.05, 0) is 37.6 Å². The van der Waals surface area contributed by atoms with Crippen LogP contribution in [0.5, 0.6) is 0 Å². The van der Waals surface area contributed by atoms with Crippen LogP contribution in [-0.4, -0.2) is 60.3 Å². The van der Waals surface area contributed by atoms with Gasteiger partial charge < -0.3 is 20.3 Å². The molecule has 8 nitrogen and oxygen atoms in total. The number of rotatable bonds is 5. The summed E-state index contributed by atoms with van der Waals surface area (Å²) in [6.45, 7) is 5.63. The summed E-state index contributed by atoms with van der Waals surface area (Å²) in [6, 6.07) is 8.50. The van der Waals surface area contributed by atoms with Gasteiger partial charge in [-0.1, -0.05) is 23.4 Å². The molecular weight excluding hydrogens is 344 g/mol. The van der Waals surface area contributed by atoms with Gasteiger partial charge in [0.2, 0.25) is 0 Å². The van der Waals surface area contributed by atoms with Crippen LogP contribution in [0.4, 0.5) is 5.69 Å². The van der Waals surface area contributed by atoms with Gasteiger partial charge in [0, 0.05) is 25.3 Å². The average Bonchev–Trinajstić information content (AvgIpc) is 3.24. The maximum absolute atomic E-state index is 12.5. The van der Waals surface area contributed by atoms with E-state index in [1.165, 1.54) is 0 Å². The predicted octanol–water partition coefficient (Wildman–Crippen LogP) is 0.969. The van der Waals surface area contributed by atoms with E-state index < -0.39 is 0 Å². The molecule has 0 spiro atoms. The van der Waals surface area contributed by atoms with Gasteiger partial charge >= 0.3 is 0 Å². The number of nitrogens with zero attached hydrogens (tertiary/aromatic N) is 4. The zero-order valence-electron chi connectivity index (χ0n) is 15.4. The van der Waals surface area contributed by atoms with Crippen molar-refractivity contribution in [3.05, 3.63) is 41.7 Å². The first-order valence-electron chi connectivity index (χ1n) is 9.62. The Kier molecular flexibility index (Phi) is 5.64. The Bertz CT molecular complexity index is 765. The number of aromatic nitrogens is 3. The number of para-hydroxylation sites is 1. The molecule has 2 aromatic rings. The molecule has 0 aliphatic carbocycles. The summed E-state index contributed by atoms with van der Waals surface area (Å²) in [5.74, 6) is -0.188. The maximum Gasteiger partial charge on any atom is 0.273 e. The summed E-state index contributed by atoms with van der Waals surface area (Å²) in [5, 5.41) is 14.6. The van der Waals surface area contributed by atoms with Crippen molar-refractivity contribution < 1.29 is 9.53 Å². The number of hydrogen-bond donors (Lipinski definition) is 2.